The molecule has 4 heteroatoms. The van der Waals surface area contributed by atoms with Crippen LogP contribution in [-0.4, -0.2) is 28.1 Å². The van der Waals surface area contributed by atoms with Crippen molar-refractivity contribution < 1.29 is 0 Å². The average molecular weight is 256 g/mol. The lowest BCUT2D eigenvalue weighted by Gasteiger charge is -2.22. The third kappa shape index (κ3) is 2.67. The van der Waals surface area contributed by atoms with Gasteiger partial charge < -0.3 is 4.90 Å². The van der Waals surface area contributed by atoms with E-state index in [1.54, 1.807) is 0 Å². The van der Waals surface area contributed by atoms with Crippen molar-refractivity contribution in [2.24, 2.45) is 0 Å². The summed E-state index contributed by atoms with van der Waals surface area (Å²) >= 11 is 0. The van der Waals surface area contributed by atoms with Crippen LogP contribution in [0.3, 0.4) is 0 Å². The Morgan fingerprint density at radius 3 is 2.42 bits per heavy atom. The molecule has 0 aliphatic rings. The van der Waals surface area contributed by atoms with Crippen molar-refractivity contribution in [2.75, 3.05) is 18.0 Å². The normalized spacial score (nSPS) is 11.1. The van der Waals surface area contributed by atoms with Crippen LogP contribution < -0.4 is 4.90 Å². The van der Waals surface area contributed by atoms with Crippen LogP contribution in [0, 0.1) is 0 Å². The first kappa shape index (κ1) is 13.3. The van der Waals surface area contributed by atoms with Crippen molar-refractivity contribution in [1.29, 1.82) is 0 Å². The van der Waals surface area contributed by atoms with E-state index in [0.717, 1.165) is 30.3 Å². The van der Waals surface area contributed by atoms with Gasteiger partial charge in [-0.05, 0) is 39.0 Å². The van der Waals surface area contributed by atoms with E-state index in [4.69, 9.17) is 0 Å². The van der Waals surface area contributed by atoms with E-state index in [9.17, 15) is 0 Å². The van der Waals surface area contributed by atoms with Crippen molar-refractivity contribution in [1.82, 2.24) is 15.0 Å². The maximum Gasteiger partial charge on any atom is 0.160 e. The van der Waals surface area contributed by atoms with Crippen LogP contribution in [0.15, 0.2) is 36.4 Å². The van der Waals surface area contributed by atoms with Gasteiger partial charge in [0.1, 0.15) is 5.69 Å². The Balaban J connectivity index is 2.55. The molecule has 2 aromatic rings. The molecule has 0 N–H and O–H groups in total. The van der Waals surface area contributed by atoms with Crippen LogP contribution in [0.4, 0.5) is 5.82 Å². The van der Waals surface area contributed by atoms with Gasteiger partial charge in [0.15, 0.2) is 5.82 Å². The molecule has 0 aliphatic heterocycles. The number of hydrogen-bond donors (Lipinski definition) is 0. The lowest BCUT2D eigenvalue weighted by atomic mass is 10.3. The maximum absolute atomic E-state index is 4.30. The Morgan fingerprint density at radius 2 is 1.84 bits per heavy atom. The molecule has 1 heterocycles. The van der Waals surface area contributed by atoms with E-state index in [1.165, 1.54) is 0 Å². The molecule has 1 aromatic carbocycles. The molecule has 2 rings (SSSR count). The van der Waals surface area contributed by atoms with E-state index in [1.807, 2.05) is 54.1 Å². The Bertz CT molecular complexity index is 539. The fourth-order valence-electron chi connectivity index (χ4n) is 2.12. The fourth-order valence-corrected chi connectivity index (χ4v) is 2.12. The van der Waals surface area contributed by atoms with E-state index in [0.29, 0.717) is 0 Å². The molecule has 0 fully saturated rings. The Kier molecular flexibility index (Phi) is 4.34. The molecule has 0 spiro atoms. The standard InChI is InChI=1S/C15H20N4/c1-4-10-14-15(18(5-2)6-3)19(17-16-14)13-11-8-7-9-12-13/h4,7-12H,5-6H2,1-3H3/b10-4-. The predicted octanol–water partition coefficient (Wildman–Crippen LogP) is 3.15. The Labute approximate surface area is 114 Å². The number of anilines is 1. The van der Waals surface area contributed by atoms with E-state index in [2.05, 4.69) is 29.1 Å². The molecule has 0 radical (unpaired) electrons. The van der Waals surface area contributed by atoms with E-state index >= 15 is 0 Å². The second kappa shape index (κ2) is 6.18. The number of benzene rings is 1. The Hall–Kier alpha value is -2.10. The lowest BCUT2D eigenvalue weighted by Crippen LogP contribution is -2.25. The highest BCUT2D eigenvalue weighted by molar-refractivity contribution is 5.62. The van der Waals surface area contributed by atoms with Crippen LogP contribution in [0.5, 0.6) is 0 Å². The number of aromatic nitrogens is 3. The number of nitrogens with zero attached hydrogens (tertiary/aromatic N) is 4. The second-order valence-corrected chi connectivity index (χ2v) is 4.22. The molecule has 19 heavy (non-hydrogen) atoms. The van der Waals surface area contributed by atoms with Crippen molar-refractivity contribution in [3.8, 4) is 5.69 Å². The van der Waals surface area contributed by atoms with Gasteiger partial charge in [0, 0.05) is 13.1 Å². The molecule has 0 saturated carbocycles. The highest BCUT2D eigenvalue weighted by Gasteiger charge is 2.16. The van der Waals surface area contributed by atoms with Gasteiger partial charge in [0.2, 0.25) is 0 Å². The van der Waals surface area contributed by atoms with Gasteiger partial charge in [-0.2, -0.15) is 4.68 Å². The summed E-state index contributed by atoms with van der Waals surface area (Å²) in [5.41, 5.74) is 1.95. The number of hydrogen-bond acceptors (Lipinski definition) is 3. The highest BCUT2D eigenvalue weighted by atomic mass is 15.5. The summed E-state index contributed by atoms with van der Waals surface area (Å²) in [6.07, 6.45) is 3.99. The molecule has 0 bridgehead atoms. The highest BCUT2D eigenvalue weighted by Crippen LogP contribution is 2.23. The summed E-state index contributed by atoms with van der Waals surface area (Å²) in [6, 6.07) is 10.1. The first-order valence-corrected chi connectivity index (χ1v) is 6.70. The Morgan fingerprint density at radius 1 is 1.16 bits per heavy atom. The number of allylic oxidation sites excluding steroid dienone is 1. The quantitative estimate of drug-likeness (QED) is 0.824. The van der Waals surface area contributed by atoms with Gasteiger partial charge in [0.25, 0.3) is 0 Å². The largest absolute Gasteiger partial charge is 0.355 e. The smallest absolute Gasteiger partial charge is 0.160 e. The number of para-hydroxylation sites is 1. The molecule has 1 aromatic heterocycles. The van der Waals surface area contributed by atoms with Crippen molar-refractivity contribution in [3.63, 3.8) is 0 Å². The minimum atomic E-state index is 0.912. The third-order valence-corrected chi connectivity index (χ3v) is 3.06. The van der Waals surface area contributed by atoms with Crippen LogP contribution in [0.1, 0.15) is 26.5 Å². The maximum atomic E-state index is 4.30. The van der Waals surface area contributed by atoms with Crippen molar-refractivity contribution in [3.05, 3.63) is 42.1 Å². The minimum Gasteiger partial charge on any atom is -0.355 e. The SMILES string of the molecule is C/C=C\c1nnn(-c2ccccc2)c1N(CC)CC. The van der Waals surface area contributed by atoms with Crippen LogP contribution in [-0.2, 0) is 0 Å². The van der Waals surface area contributed by atoms with Gasteiger partial charge in [-0.1, -0.05) is 29.5 Å². The van der Waals surface area contributed by atoms with Gasteiger partial charge in [-0.15, -0.1) is 5.10 Å². The number of rotatable bonds is 5. The molecule has 0 saturated heterocycles. The first-order valence-electron chi connectivity index (χ1n) is 6.70. The summed E-state index contributed by atoms with van der Waals surface area (Å²) in [6.45, 7) is 8.15. The lowest BCUT2D eigenvalue weighted by molar-refractivity contribution is 0.759. The third-order valence-electron chi connectivity index (χ3n) is 3.06. The molecule has 0 unspecified atom stereocenters. The molecule has 0 amide bonds. The van der Waals surface area contributed by atoms with Crippen LogP contribution in [0.2, 0.25) is 0 Å². The molecule has 4 nitrogen and oxygen atoms in total. The molecular formula is C15H20N4. The zero-order chi connectivity index (χ0) is 13.7. The van der Waals surface area contributed by atoms with Crippen molar-refractivity contribution >= 4 is 11.9 Å². The predicted molar refractivity (Wildman–Crippen MR) is 79.6 cm³/mol. The fraction of sp³-hybridized carbons (Fsp3) is 0.333. The first-order chi connectivity index (χ1) is 9.31. The van der Waals surface area contributed by atoms with E-state index in [-0.39, 0.29) is 0 Å². The van der Waals surface area contributed by atoms with Crippen molar-refractivity contribution in [2.45, 2.75) is 20.8 Å². The summed E-state index contributed by atoms with van der Waals surface area (Å²) < 4.78 is 1.91. The second-order valence-electron chi connectivity index (χ2n) is 4.22. The molecular weight excluding hydrogens is 236 g/mol. The molecule has 100 valence electrons. The zero-order valence-electron chi connectivity index (χ0n) is 11.7. The van der Waals surface area contributed by atoms with Crippen LogP contribution in [0.25, 0.3) is 11.8 Å². The van der Waals surface area contributed by atoms with E-state index < -0.39 is 0 Å². The molecule has 0 atom stereocenters. The molecule has 0 aliphatic carbocycles. The summed E-state index contributed by atoms with van der Waals surface area (Å²) in [5, 5.41) is 8.58. The topological polar surface area (TPSA) is 34.0 Å². The zero-order valence-corrected chi connectivity index (χ0v) is 11.7. The van der Waals surface area contributed by atoms with Gasteiger partial charge in [-0.3, -0.25) is 0 Å². The average Bonchev–Trinajstić information content (AvgIpc) is 2.86. The summed E-state index contributed by atoms with van der Waals surface area (Å²) in [7, 11) is 0. The minimum absolute atomic E-state index is 0.912. The summed E-state index contributed by atoms with van der Waals surface area (Å²) in [5.74, 6) is 1.05. The monoisotopic (exact) mass is 256 g/mol. The van der Waals surface area contributed by atoms with Crippen LogP contribution >= 0.6 is 0 Å². The van der Waals surface area contributed by atoms with Gasteiger partial charge in [-0.25, -0.2) is 0 Å². The van der Waals surface area contributed by atoms with Gasteiger partial charge in [0.05, 0.1) is 5.69 Å². The summed E-state index contributed by atoms with van der Waals surface area (Å²) in [4.78, 5) is 2.27. The van der Waals surface area contributed by atoms with Gasteiger partial charge >= 0.3 is 0 Å².